The standard InChI is InChI=1S/C20H17F2N3O2/c1-24-17-8-3-2-5-13(17)9-25(11-18(24)26)10-14-12-27-20(23-14)19-15(21)6-4-7-16(19)22/h2-8,12H,9-11H2,1H3. The molecule has 1 amide bonds. The zero-order chi connectivity index (χ0) is 19.0. The second kappa shape index (κ2) is 6.92. The first kappa shape index (κ1) is 17.4. The second-order valence-corrected chi connectivity index (χ2v) is 6.47. The second-order valence-electron chi connectivity index (χ2n) is 6.47. The van der Waals surface area contributed by atoms with E-state index >= 15 is 0 Å². The molecule has 27 heavy (non-hydrogen) atoms. The van der Waals surface area contributed by atoms with Crippen molar-refractivity contribution in [3.8, 4) is 11.5 Å². The first-order valence-corrected chi connectivity index (χ1v) is 8.48. The number of carbonyl (C=O) groups is 1. The maximum Gasteiger partial charge on any atom is 0.240 e. The summed E-state index contributed by atoms with van der Waals surface area (Å²) < 4.78 is 33.1. The molecule has 138 valence electrons. The molecular formula is C20H17F2N3O2. The van der Waals surface area contributed by atoms with Crippen LogP contribution in [-0.2, 0) is 17.9 Å². The summed E-state index contributed by atoms with van der Waals surface area (Å²) in [5.74, 6) is -1.61. The van der Waals surface area contributed by atoms with Crippen LogP contribution in [0.15, 0.2) is 53.1 Å². The Morgan fingerprint density at radius 2 is 1.81 bits per heavy atom. The number of amides is 1. The summed E-state index contributed by atoms with van der Waals surface area (Å²) in [5.41, 5.74) is 2.11. The number of benzene rings is 2. The summed E-state index contributed by atoms with van der Waals surface area (Å²) in [5, 5.41) is 0. The number of halogens is 2. The Bertz CT molecular complexity index is 982. The van der Waals surface area contributed by atoms with Crippen molar-refractivity contribution in [2.75, 3.05) is 18.5 Å². The molecule has 0 spiro atoms. The summed E-state index contributed by atoms with van der Waals surface area (Å²) in [4.78, 5) is 20.2. The summed E-state index contributed by atoms with van der Waals surface area (Å²) in [6.07, 6.45) is 1.37. The van der Waals surface area contributed by atoms with Gasteiger partial charge in [0, 0.05) is 25.8 Å². The van der Waals surface area contributed by atoms with Crippen LogP contribution in [0.25, 0.3) is 11.5 Å². The Balaban J connectivity index is 1.59. The van der Waals surface area contributed by atoms with E-state index in [9.17, 15) is 13.6 Å². The van der Waals surface area contributed by atoms with Gasteiger partial charge in [-0.1, -0.05) is 24.3 Å². The van der Waals surface area contributed by atoms with Crippen LogP contribution in [-0.4, -0.2) is 29.4 Å². The Morgan fingerprint density at radius 3 is 2.59 bits per heavy atom. The van der Waals surface area contributed by atoms with Crippen molar-refractivity contribution in [1.82, 2.24) is 9.88 Å². The maximum atomic E-state index is 13.9. The van der Waals surface area contributed by atoms with E-state index in [0.717, 1.165) is 23.4 Å². The zero-order valence-corrected chi connectivity index (χ0v) is 14.7. The van der Waals surface area contributed by atoms with Gasteiger partial charge in [0.25, 0.3) is 0 Å². The van der Waals surface area contributed by atoms with Crippen molar-refractivity contribution in [3.63, 3.8) is 0 Å². The fraction of sp³-hybridized carbons (Fsp3) is 0.200. The average molecular weight is 369 g/mol. The number of fused-ring (bicyclic) bond motifs is 1. The first-order valence-electron chi connectivity index (χ1n) is 8.48. The molecule has 0 atom stereocenters. The molecule has 0 fully saturated rings. The van der Waals surface area contributed by atoms with Crippen molar-refractivity contribution in [1.29, 1.82) is 0 Å². The van der Waals surface area contributed by atoms with Gasteiger partial charge in [0.15, 0.2) is 0 Å². The molecule has 1 aliphatic heterocycles. The third-order valence-corrected chi connectivity index (χ3v) is 4.59. The van der Waals surface area contributed by atoms with Gasteiger partial charge in [0.2, 0.25) is 11.8 Å². The average Bonchev–Trinajstić information content (AvgIpc) is 3.04. The van der Waals surface area contributed by atoms with E-state index in [2.05, 4.69) is 4.98 Å². The molecule has 0 saturated heterocycles. The molecule has 3 aromatic rings. The fourth-order valence-corrected chi connectivity index (χ4v) is 3.24. The van der Waals surface area contributed by atoms with E-state index in [1.165, 1.54) is 12.3 Å². The molecule has 0 radical (unpaired) electrons. The highest BCUT2D eigenvalue weighted by Gasteiger charge is 2.24. The highest BCUT2D eigenvalue weighted by atomic mass is 19.1. The molecular weight excluding hydrogens is 352 g/mol. The summed E-state index contributed by atoms with van der Waals surface area (Å²) in [7, 11) is 1.75. The van der Waals surface area contributed by atoms with Gasteiger partial charge in [-0.25, -0.2) is 13.8 Å². The van der Waals surface area contributed by atoms with E-state index < -0.39 is 11.6 Å². The normalized spacial score (nSPS) is 14.9. The monoisotopic (exact) mass is 369 g/mol. The van der Waals surface area contributed by atoms with E-state index in [-0.39, 0.29) is 23.9 Å². The van der Waals surface area contributed by atoms with Crippen LogP contribution in [0, 0.1) is 11.6 Å². The fourth-order valence-electron chi connectivity index (χ4n) is 3.24. The third-order valence-electron chi connectivity index (χ3n) is 4.59. The highest BCUT2D eigenvalue weighted by molar-refractivity contribution is 5.95. The topological polar surface area (TPSA) is 49.6 Å². The summed E-state index contributed by atoms with van der Waals surface area (Å²) in [6.45, 7) is 1.09. The lowest BCUT2D eigenvalue weighted by Gasteiger charge is -2.18. The van der Waals surface area contributed by atoms with Gasteiger partial charge in [-0.3, -0.25) is 9.69 Å². The van der Waals surface area contributed by atoms with Gasteiger partial charge in [-0.15, -0.1) is 0 Å². The Labute approximate surface area is 154 Å². The number of aromatic nitrogens is 1. The smallest absolute Gasteiger partial charge is 0.240 e. The lowest BCUT2D eigenvalue weighted by atomic mass is 10.1. The van der Waals surface area contributed by atoms with Gasteiger partial charge in [-0.05, 0) is 23.8 Å². The van der Waals surface area contributed by atoms with E-state index in [1.54, 1.807) is 11.9 Å². The summed E-state index contributed by atoms with van der Waals surface area (Å²) >= 11 is 0. The van der Waals surface area contributed by atoms with Gasteiger partial charge in [-0.2, -0.15) is 0 Å². The number of para-hydroxylation sites is 1. The van der Waals surface area contributed by atoms with Crippen LogP contribution in [0.4, 0.5) is 14.5 Å². The van der Waals surface area contributed by atoms with Crippen LogP contribution < -0.4 is 4.90 Å². The van der Waals surface area contributed by atoms with Gasteiger partial charge in [0.1, 0.15) is 23.5 Å². The molecule has 0 saturated carbocycles. The van der Waals surface area contributed by atoms with Crippen LogP contribution in [0.1, 0.15) is 11.3 Å². The van der Waals surface area contributed by atoms with Crippen molar-refractivity contribution >= 4 is 11.6 Å². The lowest BCUT2D eigenvalue weighted by molar-refractivity contribution is -0.119. The largest absolute Gasteiger partial charge is 0.444 e. The van der Waals surface area contributed by atoms with Crippen molar-refractivity contribution in [2.45, 2.75) is 13.1 Å². The predicted octanol–water partition coefficient (Wildman–Crippen LogP) is 3.60. The predicted molar refractivity (Wildman–Crippen MR) is 95.8 cm³/mol. The molecule has 0 aliphatic carbocycles. The minimum absolute atomic E-state index is 0.0381. The SMILES string of the molecule is CN1C(=O)CN(Cc2coc(-c3c(F)cccc3F)n2)Cc2ccccc21. The minimum Gasteiger partial charge on any atom is -0.444 e. The van der Waals surface area contributed by atoms with E-state index in [4.69, 9.17) is 4.42 Å². The molecule has 0 unspecified atom stereocenters. The Morgan fingerprint density at radius 1 is 1.07 bits per heavy atom. The van der Waals surface area contributed by atoms with E-state index in [0.29, 0.717) is 18.8 Å². The molecule has 0 bridgehead atoms. The van der Waals surface area contributed by atoms with Crippen molar-refractivity contribution in [3.05, 3.63) is 71.6 Å². The zero-order valence-electron chi connectivity index (χ0n) is 14.7. The number of hydrogen-bond donors (Lipinski definition) is 0. The Kier molecular flexibility index (Phi) is 4.45. The first-order chi connectivity index (χ1) is 13.0. The minimum atomic E-state index is -0.732. The number of anilines is 1. The molecule has 7 heteroatoms. The van der Waals surface area contributed by atoms with Gasteiger partial charge >= 0.3 is 0 Å². The van der Waals surface area contributed by atoms with Gasteiger partial charge in [0.05, 0.1) is 12.2 Å². The van der Waals surface area contributed by atoms with Crippen molar-refractivity contribution < 1.29 is 18.0 Å². The number of carbonyl (C=O) groups excluding carboxylic acids is 1. The molecule has 1 aliphatic rings. The number of oxazole rings is 1. The molecule has 2 aromatic carbocycles. The van der Waals surface area contributed by atoms with Crippen molar-refractivity contribution in [2.24, 2.45) is 0 Å². The number of rotatable bonds is 3. The van der Waals surface area contributed by atoms with Gasteiger partial charge < -0.3 is 9.32 Å². The lowest BCUT2D eigenvalue weighted by Crippen LogP contribution is -2.34. The Hall–Kier alpha value is -3.06. The highest BCUT2D eigenvalue weighted by Crippen LogP contribution is 2.27. The van der Waals surface area contributed by atoms with Crippen LogP contribution in [0.5, 0.6) is 0 Å². The molecule has 5 nitrogen and oxygen atoms in total. The van der Waals surface area contributed by atoms with Crippen LogP contribution in [0.3, 0.4) is 0 Å². The maximum absolute atomic E-state index is 13.9. The summed E-state index contributed by atoms with van der Waals surface area (Å²) in [6, 6.07) is 11.3. The molecule has 2 heterocycles. The number of nitrogens with zero attached hydrogens (tertiary/aromatic N) is 3. The molecule has 4 rings (SSSR count). The van der Waals surface area contributed by atoms with Crippen LogP contribution >= 0.6 is 0 Å². The quantitative estimate of drug-likeness (QED) is 0.708. The molecule has 0 N–H and O–H groups in total. The third kappa shape index (κ3) is 3.33. The van der Waals surface area contributed by atoms with Crippen LogP contribution in [0.2, 0.25) is 0 Å². The van der Waals surface area contributed by atoms with E-state index in [1.807, 2.05) is 29.2 Å². The number of hydrogen-bond acceptors (Lipinski definition) is 4. The molecule has 1 aromatic heterocycles. The number of likely N-dealkylation sites (N-methyl/N-ethyl adjacent to an activating group) is 1.